The van der Waals surface area contributed by atoms with Gasteiger partial charge in [-0.3, -0.25) is 0 Å². The van der Waals surface area contributed by atoms with Gasteiger partial charge in [0.1, 0.15) is 16.3 Å². The van der Waals surface area contributed by atoms with E-state index < -0.39 is 0 Å². The van der Waals surface area contributed by atoms with Gasteiger partial charge < -0.3 is 4.98 Å². The topological polar surface area (TPSA) is 28.7 Å². The standard InChI is InChI=1S/C13H12BrFN2S/c1-2-3-11-7-12(18)17-13(16-11)8-4-9(14)6-10(15)5-8/h4-7H,2-3H2,1H3,(H,16,17,18). The lowest BCUT2D eigenvalue weighted by Crippen LogP contribution is -1.96. The molecule has 0 spiro atoms. The lowest BCUT2D eigenvalue weighted by Gasteiger charge is -2.06. The van der Waals surface area contributed by atoms with E-state index in [9.17, 15) is 4.39 Å². The molecule has 0 saturated heterocycles. The van der Waals surface area contributed by atoms with E-state index in [4.69, 9.17) is 12.2 Å². The van der Waals surface area contributed by atoms with Gasteiger partial charge in [0.05, 0.1) is 0 Å². The lowest BCUT2D eigenvalue weighted by atomic mass is 10.2. The molecule has 5 heteroatoms. The molecule has 1 heterocycles. The lowest BCUT2D eigenvalue weighted by molar-refractivity contribution is 0.627. The minimum absolute atomic E-state index is 0.304. The Balaban J connectivity index is 2.52. The zero-order chi connectivity index (χ0) is 13.1. The van der Waals surface area contributed by atoms with Crippen molar-refractivity contribution in [2.75, 3.05) is 0 Å². The molecule has 0 aliphatic rings. The fourth-order valence-electron chi connectivity index (χ4n) is 1.74. The molecule has 1 N–H and O–H groups in total. The second-order valence-corrected chi connectivity index (χ2v) is 5.34. The van der Waals surface area contributed by atoms with Gasteiger partial charge in [0, 0.05) is 15.7 Å². The highest BCUT2D eigenvalue weighted by Crippen LogP contribution is 2.22. The number of rotatable bonds is 3. The Hall–Kier alpha value is -1.07. The second kappa shape index (κ2) is 5.71. The Labute approximate surface area is 118 Å². The van der Waals surface area contributed by atoms with Gasteiger partial charge in [0.25, 0.3) is 0 Å². The van der Waals surface area contributed by atoms with Gasteiger partial charge in [-0.2, -0.15) is 0 Å². The third-order valence-corrected chi connectivity index (χ3v) is 3.12. The molecular weight excluding hydrogens is 315 g/mol. The number of aromatic amines is 1. The SMILES string of the molecule is CCCc1cc(=S)nc(-c2cc(F)cc(Br)c2)[nH]1. The van der Waals surface area contributed by atoms with Gasteiger partial charge >= 0.3 is 0 Å². The monoisotopic (exact) mass is 326 g/mol. The van der Waals surface area contributed by atoms with E-state index in [1.807, 2.05) is 12.1 Å². The molecule has 0 aliphatic heterocycles. The normalized spacial score (nSPS) is 10.6. The summed E-state index contributed by atoms with van der Waals surface area (Å²) in [6.45, 7) is 2.09. The third kappa shape index (κ3) is 3.23. The van der Waals surface area contributed by atoms with E-state index in [2.05, 4.69) is 32.8 Å². The molecule has 94 valence electrons. The smallest absolute Gasteiger partial charge is 0.139 e. The maximum atomic E-state index is 13.4. The Bertz CT molecular complexity index is 604. The van der Waals surface area contributed by atoms with Crippen molar-refractivity contribution in [1.29, 1.82) is 0 Å². The summed E-state index contributed by atoms with van der Waals surface area (Å²) in [6.07, 6.45) is 1.91. The van der Waals surface area contributed by atoms with Crippen LogP contribution < -0.4 is 0 Å². The first-order valence-electron chi connectivity index (χ1n) is 5.65. The van der Waals surface area contributed by atoms with E-state index in [0.29, 0.717) is 20.5 Å². The fourth-order valence-corrected chi connectivity index (χ4v) is 2.44. The van der Waals surface area contributed by atoms with Crippen molar-refractivity contribution in [3.8, 4) is 11.4 Å². The molecule has 1 aromatic heterocycles. The van der Waals surface area contributed by atoms with E-state index in [1.54, 1.807) is 0 Å². The molecule has 2 nitrogen and oxygen atoms in total. The van der Waals surface area contributed by atoms with Gasteiger partial charge in [-0.05, 0) is 30.7 Å². The maximum Gasteiger partial charge on any atom is 0.139 e. The fraction of sp³-hybridized carbons (Fsp3) is 0.231. The molecule has 18 heavy (non-hydrogen) atoms. The molecule has 0 unspecified atom stereocenters. The van der Waals surface area contributed by atoms with Crippen molar-refractivity contribution in [2.45, 2.75) is 19.8 Å². The highest BCUT2D eigenvalue weighted by atomic mass is 79.9. The Morgan fingerprint density at radius 3 is 2.78 bits per heavy atom. The van der Waals surface area contributed by atoms with Crippen LogP contribution in [-0.4, -0.2) is 9.97 Å². The quantitative estimate of drug-likeness (QED) is 0.831. The minimum atomic E-state index is -0.304. The number of aromatic nitrogens is 2. The van der Waals surface area contributed by atoms with Crippen molar-refractivity contribution in [2.24, 2.45) is 0 Å². The highest BCUT2D eigenvalue weighted by molar-refractivity contribution is 9.10. The predicted molar refractivity (Wildman–Crippen MR) is 76.5 cm³/mol. The number of hydrogen-bond acceptors (Lipinski definition) is 2. The number of aryl methyl sites for hydroxylation is 1. The zero-order valence-corrected chi connectivity index (χ0v) is 12.2. The van der Waals surface area contributed by atoms with Crippen molar-refractivity contribution in [3.63, 3.8) is 0 Å². The molecule has 0 saturated carbocycles. The number of hydrogen-bond donors (Lipinski definition) is 1. The first kappa shape index (κ1) is 13.4. The molecule has 0 bridgehead atoms. The zero-order valence-electron chi connectivity index (χ0n) is 9.84. The summed E-state index contributed by atoms with van der Waals surface area (Å²) in [5, 5.41) is 0. The van der Waals surface area contributed by atoms with Crippen LogP contribution in [0.15, 0.2) is 28.7 Å². The number of nitrogens with one attached hydrogen (secondary N) is 1. The average molecular weight is 327 g/mol. The van der Waals surface area contributed by atoms with Crippen LogP contribution in [0.1, 0.15) is 19.0 Å². The molecular formula is C13H12BrFN2S. The van der Waals surface area contributed by atoms with Gasteiger partial charge in [-0.1, -0.05) is 41.5 Å². The van der Waals surface area contributed by atoms with Crippen LogP contribution in [0.2, 0.25) is 0 Å². The average Bonchev–Trinajstić information content (AvgIpc) is 2.27. The van der Waals surface area contributed by atoms with Crippen LogP contribution >= 0.6 is 28.1 Å². The molecule has 1 aromatic carbocycles. The van der Waals surface area contributed by atoms with E-state index >= 15 is 0 Å². The summed E-state index contributed by atoms with van der Waals surface area (Å²) in [7, 11) is 0. The van der Waals surface area contributed by atoms with Crippen molar-refractivity contribution in [1.82, 2.24) is 9.97 Å². The Morgan fingerprint density at radius 1 is 1.33 bits per heavy atom. The minimum Gasteiger partial charge on any atom is -0.343 e. The second-order valence-electron chi connectivity index (χ2n) is 4.00. The summed E-state index contributed by atoms with van der Waals surface area (Å²) in [6, 6.07) is 6.51. The van der Waals surface area contributed by atoms with Crippen molar-refractivity contribution < 1.29 is 4.39 Å². The van der Waals surface area contributed by atoms with Crippen molar-refractivity contribution >= 4 is 28.1 Å². The Morgan fingerprint density at radius 2 is 2.11 bits per heavy atom. The van der Waals surface area contributed by atoms with Crippen LogP contribution in [0, 0.1) is 10.5 Å². The number of halogens is 2. The van der Waals surface area contributed by atoms with Crippen LogP contribution in [0.5, 0.6) is 0 Å². The predicted octanol–water partition coefficient (Wildman–Crippen LogP) is 4.66. The first-order chi connectivity index (χ1) is 8.58. The van der Waals surface area contributed by atoms with Gasteiger partial charge in [0.15, 0.2) is 0 Å². The highest BCUT2D eigenvalue weighted by Gasteiger charge is 2.05. The summed E-state index contributed by atoms with van der Waals surface area (Å²) in [5.41, 5.74) is 1.71. The summed E-state index contributed by atoms with van der Waals surface area (Å²) in [4.78, 5) is 7.43. The molecule has 0 fully saturated rings. The molecule has 0 radical (unpaired) electrons. The van der Waals surface area contributed by atoms with Crippen LogP contribution in [0.4, 0.5) is 4.39 Å². The van der Waals surface area contributed by atoms with Gasteiger partial charge in [-0.25, -0.2) is 9.37 Å². The van der Waals surface area contributed by atoms with E-state index in [0.717, 1.165) is 18.5 Å². The van der Waals surface area contributed by atoms with Crippen LogP contribution in [-0.2, 0) is 6.42 Å². The van der Waals surface area contributed by atoms with E-state index in [-0.39, 0.29) is 5.82 Å². The molecule has 2 rings (SSSR count). The maximum absolute atomic E-state index is 13.4. The van der Waals surface area contributed by atoms with Crippen LogP contribution in [0.3, 0.4) is 0 Å². The summed E-state index contributed by atoms with van der Waals surface area (Å²) < 4.78 is 14.6. The number of H-pyrrole nitrogens is 1. The van der Waals surface area contributed by atoms with Gasteiger partial charge in [-0.15, -0.1) is 0 Å². The Kier molecular flexibility index (Phi) is 4.24. The first-order valence-corrected chi connectivity index (χ1v) is 6.85. The van der Waals surface area contributed by atoms with Gasteiger partial charge in [0.2, 0.25) is 0 Å². The van der Waals surface area contributed by atoms with Crippen molar-refractivity contribution in [3.05, 3.63) is 44.9 Å². The molecule has 0 amide bonds. The number of nitrogens with zero attached hydrogens (tertiary/aromatic N) is 1. The van der Waals surface area contributed by atoms with E-state index in [1.165, 1.54) is 12.1 Å². The molecule has 2 aromatic rings. The van der Waals surface area contributed by atoms with Crippen LogP contribution in [0.25, 0.3) is 11.4 Å². The molecule has 0 atom stereocenters. The third-order valence-electron chi connectivity index (χ3n) is 2.45. The molecule has 0 aliphatic carbocycles. The summed E-state index contributed by atoms with van der Waals surface area (Å²) in [5.74, 6) is 0.299. The number of benzene rings is 1. The largest absolute Gasteiger partial charge is 0.343 e. The summed E-state index contributed by atoms with van der Waals surface area (Å²) >= 11 is 8.40.